The van der Waals surface area contributed by atoms with E-state index in [2.05, 4.69) is 19.7 Å². The summed E-state index contributed by atoms with van der Waals surface area (Å²) in [6.45, 7) is 25.5. The number of aromatic hydroxyl groups is 7. The Bertz CT molecular complexity index is 2900. The molecule has 3 aromatic rings. The van der Waals surface area contributed by atoms with E-state index in [-0.39, 0.29) is 68.3 Å². The standard InChI is InChI=1S/C53H59NO12/c1-12-16-30(20-55)38-35(34-31(22(3)46(60)50(64)39(34)53(38,10)11)19-21(2)32-23(4)42(56)26(7)43(57)24(32)5)44(58)25(6)33-48(62)37-36-40(51(65)47(61)27(8)45(36)59)54(41(37)52(66)49(33)63)28(9)29-17-14-13-15-18-29/h14,17-18,36,40,55-66H,2,6,9,12-13,15-16,19-20H2,1,3-5,7-8,10-11H3/b38-30+,44-35+. The lowest BCUT2D eigenvalue weighted by molar-refractivity contribution is 0.254. The van der Waals surface area contributed by atoms with Gasteiger partial charge in [-0.05, 0) is 116 Å². The largest absolute Gasteiger partial charge is 0.511 e. The van der Waals surface area contributed by atoms with E-state index in [4.69, 9.17) is 0 Å². The molecule has 0 radical (unpaired) electrons. The average molecular weight is 902 g/mol. The van der Waals surface area contributed by atoms with Crippen molar-refractivity contribution in [2.24, 2.45) is 0 Å². The van der Waals surface area contributed by atoms with Crippen molar-refractivity contribution < 1.29 is 61.3 Å². The summed E-state index contributed by atoms with van der Waals surface area (Å²) in [5, 5.41) is 140. The number of anilines is 1. The maximum atomic E-state index is 12.9. The highest BCUT2D eigenvalue weighted by Crippen LogP contribution is 2.64. The van der Waals surface area contributed by atoms with E-state index in [1.54, 1.807) is 47.6 Å². The molecule has 1 heterocycles. The van der Waals surface area contributed by atoms with Crippen LogP contribution in [0.15, 0.2) is 89.0 Å². The highest BCUT2D eigenvalue weighted by atomic mass is 16.3. The molecule has 0 saturated carbocycles. The van der Waals surface area contributed by atoms with Crippen LogP contribution >= 0.6 is 0 Å². The number of aliphatic hydroxyl groups excluding tert-OH is 5. The number of allylic oxidation sites excluding steroid dienone is 8. The number of fused-ring (bicyclic) bond motifs is 4. The third kappa shape index (κ3) is 6.45. The maximum Gasteiger partial charge on any atom is 0.183 e. The molecular formula is C53H59NO12. The van der Waals surface area contributed by atoms with E-state index < -0.39 is 86.9 Å². The Labute approximate surface area is 383 Å². The van der Waals surface area contributed by atoms with E-state index >= 15 is 0 Å². The Morgan fingerprint density at radius 1 is 0.742 bits per heavy atom. The van der Waals surface area contributed by atoms with Gasteiger partial charge in [0.15, 0.2) is 34.5 Å². The average Bonchev–Trinajstić information content (AvgIpc) is 3.77. The molecule has 0 amide bonds. The van der Waals surface area contributed by atoms with Gasteiger partial charge in [-0.15, -0.1) is 0 Å². The molecule has 2 atom stereocenters. The molecule has 0 spiro atoms. The zero-order valence-corrected chi connectivity index (χ0v) is 38.6. The Hall–Kier alpha value is -7.12. The van der Waals surface area contributed by atoms with Crippen LogP contribution in [0.4, 0.5) is 5.69 Å². The van der Waals surface area contributed by atoms with Crippen LogP contribution in [-0.2, 0) is 11.8 Å². The Kier molecular flexibility index (Phi) is 11.6. The third-order valence-electron chi connectivity index (χ3n) is 14.2. The Morgan fingerprint density at radius 2 is 1.36 bits per heavy atom. The molecule has 0 bridgehead atoms. The quantitative estimate of drug-likeness (QED) is 0.0515. The highest BCUT2D eigenvalue weighted by molar-refractivity contribution is 6.03. The van der Waals surface area contributed by atoms with Crippen molar-refractivity contribution in [2.45, 2.75) is 105 Å². The van der Waals surface area contributed by atoms with Gasteiger partial charge in [-0.3, -0.25) is 0 Å². The molecule has 4 aliphatic rings. The molecule has 3 aliphatic carbocycles. The fourth-order valence-electron chi connectivity index (χ4n) is 10.8. The molecule has 66 heavy (non-hydrogen) atoms. The van der Waals surface area contributed by atoms with E-state index in [1.807, 2.05) is 19.1 Å². The first-order valence-electron chi connectivity index (χ1n) is 21.8. The molecule has 13 nitrogen and oxygen atoms in total. The second kappa shape index (κ2) is 16.4. The summed E-state index contributed by atoms with van der Waals surface area (Å²) in [5.74, 6) is -7.43. The molecule has 348 valence electrons. The maximum absolute atomic E-state index is 12.9. The first kappa shape index (κ1) is 46.9. The minimum atomic E-state index is -1.36. The van der Waals surface area contributed by atoms with Gasteiger partial charge >= 0.3 is 0 Å². The summed E-state index contributed by atoms with van der Waals surface area (Å²) in [6.07, 6.45) is 7.75. The van der Waals surface area contributed by atoms with Crippen molar-refractivity contribution in [1.29, 1.82) is 0 Å². The van der Waals surface area contributed by atoms with Gasteiger partial charge in [-0.25, -0.2) is 0 Å². The van der Waals surface area contributed by atoms with Crippen molar-refractivity contribution in [1.82, 2.24) is 0 Å². The van der Waals surface area contributed by atoms with Crippen LogP contribution in [0.2, 0.25) is 0 Å². The van der Waals surface area contributed by atoms with Crippen LogP contribution in [0.5, 0.6) is 40.2 Å². The van der Waals surface area contributed by atoms with Crippen molar-refractivity contribution in [3.05, 3.63) is 145 Å². The lowest BCUT2D eigenvalue weighted by atomic mass is 9.77. The number of phenolic OH excluding ortho intramolecular Hbond substituents is 7. The molecule has 2 unspecified atom stereocenters. The minimum Gasteiger partial charge on any atom is -0.511 e. The monoisotopic (exact) mass is 901 g/mol. The summed E-state index contributed by atoms with van der Waals surface area (Å²) in [4.78, 5) is 1.33. The summed E-state index contributed by atoms with van der Waals surface area (Å²) in [6, 6.07) is -1.36. The molecule has 7 rings (SSSR count). The van der Waals surface area contributed by atoms with Gasteiger partial charge in [0, 0.05) is 44.5 Å². The van der Waals surface area contributed by atoms with Crippen LogP contribution in [0, 0.1) is 27.7 Å². The van der Waals surface area contributed by atoms with Gasteiger partial charge in [0.25, 0.3) is 0 Å². The predicted molar refractivity (Wildman–Crippen MR) is 256 cm³/mol. The smallest absolute Gasteiger partial charge is 0.183 e. The summed E-state index contributed by atoms with van der Waals surface area (Å²) >= 11 is 0. The Balaban J connectivity index is 1.54. The van der Waals surface area contributed by atoms with Gasteiger partial charge in [-0.2, -0.15) is 0 Å². The molecule has 0 fully saturated rings. The Morgan fingerprint density at radius 3 is 1.92 bits per heavy atom. The molecule has 13 heteroatoms. The topological polar surface area (TPSA) is 246 Å². The number of hydrogen-bond acceptors (Lipinski definition) is 13. The first-order chi connectivity index (χ1) is 30.9. The van der Waals surface area contributed by atoms with Gasteiger partial charge in [0.2, 0.25) is 0 Å². The minimum absolute atomic E-state index is 0.0196. The van der Waals surface area contributed by atoms with E-state index in [1.165, 1.54) is 11.8 Å². The summed E-state index contributed by atoms with van der Waals surface area (Å²) in [7, 11) is 0. The molecule has 0 aromatic heterocycles. The van der Waals surface area contributed by atoms with E-state index in [0.717, 1.165) is 6.42 Å². The van der Waals surface area contributed by atoms with Crippen LogP contribution < -0.4 is 4.90 Å². The number of nitrogens with zero attached hydrogens (tertiary/aromatic N) is 1. The lowest BCUT2D eigenvalue weighted by Gasteiger charge is -2.34. The third-order valence-corrected chi connectivity index (χ3v) is 14.2. The van der Waals surface area contributed by atoms with E-state index in [0.29, 0.717) is 63.8 Å². The van der Waals surface area contributed by atoms with Gasteiger partial charge < -0.3 is 66.2 Å². The lowest BCUT2D eigenvalue weighted by Crippen LogP contribution is -2.39. The van der Waals surface area contributed by atoms with Gasteiger partial charge in [0.1, 0.15) is 34.8 Å². The number of aliphatic hydroxyl groups is 5. The van der Waals surface area contributed by atoms with Crippen molar-refractivity contribution in [3.8, 4) is 40.2 Å². The SMILES string of the molecule is C=C(Cc1c(C)c(O)c(O)c2c1C(=C(\O)C(=C)c1c(O)c(O)c3c(c1O)C1C(O)=C(C)C(O)=C(O)C1N3C(=C)C1=CCCC=C1)/C(=C(\CO)CCC)C2(C)C)c1c(C)c(O)c(C)c(O)c1C. The van der Waals surface area contributed by atoms with E-state index in [9.17, 15) is 61.3 Å². The van der Waals surface area contributed by atoms with Gasteiger partial charge in [0.05, 0.1) is 23.8 Å². The summed E-state index contributed by atoms with van der Waals surface area (Å²) < 4.78 is 0. The summed E-state index contributed by atoms with van der Waals surface area (Å²) in [5.41, 5.74) is 1.78. The van der Waals surface area contributed by atoms with Crippen LogP contribution in [0.3, 0.4) is 0 Å². The number of phenols is 7. The van der Waals surface area contributed by atoms with Crippen LogP contribution in [0.1, 0.15) is 115 Å². The van der Waals surface area contributed by atoms with Crippen molar-refractivity contribution in [3.63, 3.8) is 0 Å². The predicted octanol–water partition coefficient (Wildman–Crippen LogP) is 10.7. The number of benzene rings is 3. The van der Waals surface area contributed by atoms with Gasteiger partial charge in [-0.1, -0.05) is 65.2 Å². The molecule has 0 saturated heterocycles. The van der Waals surface area contributed by atoms with Crippen LogP contribution in [-0.4, -0.2) is 73.9 Å². The zero-order chi connectivity index (χ0) is 48.9. The van der Waals surface area contributed by atoms with Crippen molar-refractivity contribution >= 4 is 22.4 Å². The first-order valence-corrected chi connectivity index (χ1v) is 21.8. The second-order valence-electron chi connectivity index (χ2n) is 18.3. The second-order valence-corrected chi connectivity index (χ2v) is 18.3. The highest BCUT2D eigenvalue weighted by Gasteiger charge is 2.54. The zero-order valence-electron chi connectivity index (χ0n) is 38.6. The van der Waals surface area contributed by atoms with Crippen molar-refractivity contribution in [2.75, 3.05) is 11.5 Å². The molecule has 12 N–H and O–H groups in total. The fraction of sp³-hybridized carbons (Fsp3) is 0.321. The fourth-order valence-corrected chi connectivity index (χ4v) is 10.8. The molecular weight excluding hydrogens is 843 g/mol. The van der Waals surface area contributed by atoms with Crippen LogP contribution in [0.25, 0.3) is 16.7 Å². The normalized spacial score (nSPS) is 20.0. The number of rotatable bonds is 10. The number of hydrogen-bond donors (Lipinski definition) is 12. The molecule has 1 aliphatic heterocycles. The molecule has 3 aromatic carbocycles.